The first-order valence-electron chi connectivity index (χ1n) is 6.67. The zero-order valence-electron chi connectivity index (χ0n) is 10.8. The van der Waals surface area contributed by atoms with E-state index in [2.05, 4.69) is 0 Å². The Morgan fingerprint density at radius 1 is 1.28 bits per heavy atom. The molecule has 3 heteroatoms. The van der Waals surface area contributed by atoms with E-state index in [1.807, 2.05) is 25.1 Å². The van der Waals surface area contributed by atoms with E-state index >= 15 is 0 Å². The van der Waals surface area contributed by atoms with E-state index in [0.29, 0.717) is 24.3 Å². The van der Waals surface area contributed by atoms with E-state index in [4.69, 9.17) is 11.6 Å². The number of hydrogen-bond donors (Lipinski definition) is 2. The van der Waals surface area contributed by atoms with Crippen molar-refractivity contribution >= 4 is 11.6 Å². The molecule has 2 N–H and O–H groups in total. The molecular weight excluding hydrogens is 248 g/mol. The molecule has 0 bridgehead atoms. The second kappa shape index (κ2) is 5.60. The third-order valence-electron chi connectivity index (χ3n) is 3.96. The van der Waals surface area contributed by atoms with Gasteiger partial charge in [0.25, 0.3) is 0 Å². The second-order valence-electron chi connectivity index (χ2n) is 5.48. The predicted molar refractivity (Wildman–Crippen MR) is 73.9 cm³/mol. The fourth-order valence-electron chi connectivity index (χ4n) is 2.71. The Hall–Kier alpha value is -0.570. The van der Waals surface area contributed by atoms with E-state index in [9.17, 15) is 10.2 Å². The summed E-state index contributed by atoms with van der Waals surface area (Å²) in [5.41, 5.74) is 1.09. The summed E-state index contributed by atoms with van der Waals surface area (Å²) in [6.45, 7) is 1.99. The van der Waals surface area contributed by atoms with Crippen LogP contribution in [0.4, 0.5) is 0 Å². The molecule has 1 unspecified atom stereocenters. The normalized spacial score (nSPS) is 20.7. The molecule has 18 heavy (non-hydrogen) atoms. The first-order chi connectivity index (χ1) is 8.51. The minimum Gasteiger partial charge on any atom is -0.390 e. The fourth-order valence-corrected chi connectivity index (χ4v) is 3.03. The van der Waals surface area contributed by atoms with Gasteiger partial charge in [-0.1, -0.05) is 43.0 Å². The van der Waals surface area contributed by atoms with E-state index in [0.717, 1.165) is 30.4 Å². The van der Waals surface area contributed by atoms with Gasteiger partial charge in [0.15, 0.2) is 0 Å². The van der Waals surface area contributed by atoms with E-state index < -0.39 is 11.7 Å². The maximum atomic E-state index is 10.5. The molecule has 0 saturated heterocycles. The highest BCUT2D eigenvalue weighted by Gasteiger charge is 2.36. The molecule has 2 nitrogen and oxygen atoms in total. The van der Waals surface area contributed by atoms with Crippen LogP contribution in [-0.4, -0.2) is 21.9 Å². The van der Waals surface area contributed by atoms with Crippen LogP contribution in [0.25, 0.3) is 0 Å². The van der Waals surface area contributed by atoms with E-state index in [-0.39, 0.29) is 0 Å². The van der Waals surface area contributed by atoms with Crippen molar-refractivity contribution in [3.8, 4) is 0 Å². The minimum atomic E-state index is -0.924. The van der Waals surface area contributed by atoms with E-state index in [1.54, 1.807) is 0 Å². The molecule has 0 heterocycles. The molecule has 1 aliphatic carbocycles. The summed E-state index contributed by atoms with van der Waals surface area (Å²) in [6.07, 6.45) is 4.23. The highest BCUT2D eigenvalue weighted by atomic mass is 35.5. The molecule has 0 amide bonds. The van der Waals surface area contributed by atoms with Gasteiger partial charge in [-0.25, -0.2) is 0 Å². The van der Waals surface area contributed by atoms with Gasteiger partial charge in [0, 0.05) is 11.4 Å². The Morgan fingerprint density at radius 2 is 1.94 bits per heavy atom. The van der Waals surface area contributed by atoms with Crippen LogP contribution in [-0.2, 0) is 6.42 Å². The van der Waals surface area contributed by atoms with Crippen molar-refractivity contribution in [1.82, 2.24) is 0 Å². The molecule has 1 aromatic carbocycles. The number of aliphatic hydroxyl groups is 2. The van der Waals surface area contributed by atoms with Crippen molar-refractivity contribution in [2.75, 3.05) is 0 Å². The average Bonchev–Trinajstić information content (AvgIpc) is 2.33. The molecule has 2 rings (SSSR count). The molecule has 0 aromatic heterocycles. The standard InChI is InChI=1S/C15H21ClO2/c1-11-5-6-12(13(16)9-11)10-14(17)15(18)7-3-2-4-8-15/h5-6,9,14,17-18H,2-4,7-8,10H2,1H3. The molecule has 100 valence electrons. The smallest absolute Gasteiger partial charge is 0.0908 e. The number of hydrogen-bond acceptors (Lipinski definition) is 2. The van der Waals surface area contributed by atoms with Crippen LogP contribution in [0.15, 0.2) is 18.2 Å². The fraction of sp³-hybridized carbons (Fsp3) is 0.600. The van der Waals surface area contributed by atoms with Crippen molar-refractivity contribution in [3.63, 3.8) is 0 Å². The first-order valence-corrected chi connectivity index (χ1v) is 7.04. The molecule has 0 spiro atoms. The lowest BCUT2D eigenvalue weighted by Gasteiger charge is -2.36. The van der Waals surface area contributed by atoms with Crippen LogP contribution < -0.4 is 0 Å². The van der Waals surface area contributed by atoms with Crippen molar-refractivity contribution in [3.05, 3.63) is 34.3 Å². The van der Waals surface area contributed by atoms with Gasteiger partial charge in [-0.15, -0.1) is 0 Å². The SMILES string of the molecule is Cc1ccc(CC(O)C2(O)CCCCC2)c(Cl)c1. The van der Waals surface area contributed by atoms with Crippen LogP contribution in [0.5, 0.6) is 0 Å². The summed E-state index contributed by atoms with van der Waals surface area (Å²) >= 11 is 6.17. The number of halogens is 1. The molecule has 1 fully saturated rings. The molecule has 0 radical (unpaired) electrons. The van der Waals surface area contributed by atoms with Crippen LogP contribution in [0.2, 0.25) is 5.02 Å². The molecule has 1 atom stereocenters. The molecule has 1 saturated carbocycles. The maximum absolute atomic E-state index is 10.5. The molecular formula is C15H21ClO2. The molecule has 1 aromatic rings. The largest absolute Gasteiger partial charge is 0.390 e. The Labute approximate surface area is 114 Å². The topological polar surface area (TPSA) is 40.5 Å². The third kappa shape index (κ3) is 3.05. The number of rotatable bonds is 3. The third-order valence-corrected chi connectivity index (χ3v) is 4.31. The van der Waals surface area contributed by atoms with Gasteiger partial charge in [-0.05, 0) is 37.0 Å². The van der Waals surface area contributed by atoms with Gasteiger partial charge >= 0.3 is 0 Å². The molecule has 0 aliphatic heterocycles. The lowest BCUT2D eigenvalue weighted by Crippen LogP contribution is -2.45. The summed E-state index contributed by atoms with van der Waals surface area (Å²) in [4.78, 5) is 0. The van der Waals surface area contributed by atoms with Crippen LogP contribution >= 0.6 is 11.6 Å². The van der Waals surface area contributed by atoms with Crippen molar-refractivity contribution < 1.29 is 10.2 Å². The Bertz CT molecular complexity index is 411. The summed E-state index contributed by atoms with van der Waals surface area (Å²) in [5, 5.41) is 21.4. The van der Waals surface area contributed by atoms with Gasteiger partial charge < -0.3 is 10.2 Å². The monoisotopic (exact) mass is 268 g/mol. The van der Waals surface area contributed by atoms with Crippen molar-refractivity contribution in [2.24, 2.45) is 0 Å². The highest BCUT2D eigenvalue weighted by molar-refractivity contribution is 6.31. The second-order valence-corrected chi connectivity index (χ2v) is 5.89. The number of benzene rings is 1. The quantitative estimate of drug-likeness (QED) is 0.884. The Morgan fingerprint density at radius 3 is 2.56 bits per heavy atom. The molecule has 1 aliphatic rings. The summed E-state index contributed by atoms with van der Waals surface area (Å²) < 4.78 is 0. The van der Waals surface area contributed by atoms with Gasteiger partial charge in [0.2, 0.25) is 0 Å². The van der Waals surface area contributed by atoms with Crippen molar-refractivity contribution in [1.29, 1.82) is 0 Å². The Kier molecular flexibility index (Phi) is 4.31. The van der Waals surface area contributed by atoms with Gasteiger partial charge in [-0.2, -0.15) is 0 Å². The first kappa shape index (κ1) is 13.9. The predicted octanol–water partition coefficient (Wildman–Crippen LogP) is 3.25. The number of aryl methyl sites for hydroxylation is 1. The van der Waals surface area contributed by atoms with E-state index in [1.165, 1.54) is 0 Å². The van der Waals surface area contributed by atoms with Gasteiger partial charge in [0.05, 0.1) is 11.7 Å². The van der Waals surface area contributed by atoms with Crippen LogP contribution in [0, 0.1) is 6.92 Å². The number of aliphatic hydroxyl groups excluding tert-OH is 1. The highest BCUT2D eigenvalue weighted by Crippen LogP contribution is 2.33. The van der Waals surface area contributed by atoms with Gasteiger partial charge in [-0.3, -0.25) is 0 Å². The van der Waals surface area contributed by atoms with Crippen molar-refractivity contribution in [2.45, 2.75) is 57.2 Å². The summed E-state index contributed by atoms with van der Waals surface area (Å²) in [6, 6.07) is 5.82. The maximum Gasteiger partial charge on any atom is 0.0908 e. The lowest BCUT2D eigenvalue weighted by atomic mass is 9.79. The summed E-state index contributed by atoms with van der Waals surface area (Å²) in [5.74, 6) is 0. The lowest BCUT2D eigenvalue weighted by molar-refractivity contribution is -0.0960. The average molecular weight is 269 g/mol. The summed E-state index contributed by atoms with van der Waals surface area (Å²) in [7, 11) is 0. The van der Waals surface area contributed by atoms with Crippen LogP contribution in [0.1, 0.15) is 43.2 Å². The van der Waals surface area contributed by atoms with Gasteiger partial charge in [0.1, 0.15) is 0 Å². The van der Waals surface area contributed by atoms with Crippen LogP contribution in [0.3, 0.4) is 0 Å². The zero-order valence-corrected chi connectivity index (χ0v) is 11.6. The minimum absolute atomic E-state index is 0.426. The zero-order chi connectivity index (χ0) is 13.2. The Balaban J connectivity index is 2.08.